The SMILES string of the molecule is Cc1c(C)n(Cc2ccc(O[C@H](C)C(=O)O)c(Cl)c2)c2ccc(C(=O)N[C@@H](C)c3cccc(C(C)C)c3)cc12. The van der Waals surface area contributed by atoms with Crippen molar-refractivity contribution in [1.29, 1.82) is 0 Å². The van der Waals surface area contributed by atoms with Crippen molar-refractivity contribution in [2.75, 3.05) is 0 Å². The monoisotopic (exact) mass is 546 g/mol. The summed E-state index contributed by atoms with van der Waals surface area (Å²) in [4.78, 5) is 24.3. The minimum Gasteiger partial charge on any atom is -0.479 e. The van der Waals surface area contributed by atoms with Crippen LogP contribution in [0.5, 0.6) is 5.75 Å². The van der Waals surface area contributed by atoms with Gasteiger partial charge in [0.05, 0.1) is 11.1 Å². The van der Waals surface area contributed by atoms with Gasteiger partial charge in [-0.3, -0.25) is 4.79 Å². The maximum atomic E-state index is 13.2. The lowest BCUT2D eigenvalue weighted by Crippen LogP contribution is -2.26. The van der Waals surface area contributed by atoms with Crippen LogP contribution in [0.3, 0.4) is 0 Å². The lowest BCUT2D eigenvalue weighted by atomic mass is 9.98. The minimum atomic E-state index is -1.05. The number of carbonyl (C=O) groups is 2. The molecule has 1 heterocycles. The Balaban J connectivity index is 1.55. The predicted molar refractivity (Wildman–Crippen MR) is 156 cm³/mol. The van der Waals surface area contributed by atoms with Crippen LogP contribution in [0, 0.1) is 13.8 Å². The molecule has 204 valence electrons. The van der Waals surface area contributed by atoms with Gasteiger partial charge in [-0.15, -0.1) is 0 Å². The zero-order valence-electron chi connectivity index (χ0n) is 23.2. The van der Waals surface area contributed by atoms with Crippen LogP contribution in [-0.4, -0.2) is 27.7 Å². The first kappa shape index (κ1) is 28.2. The van der Waals surface area contributed by atoms with Crippen LogP contribution < -0.4 is 10.1 Å². The summed E-state index contributed by atoms with van der Waals surface area (Å²) in [6.07, 6.45) is -0.994. The molecule has 2 N–H and O–H groups in total. The maximum absolute atomic E-state index is 13.2. The van der Waals surface area contributed by atoms with Crippen LogP contribution in [0.15, 0.2) is 60.7 Å². The number of carboxylic acids is 1. The summed E-state index contributed by atoms with van der Waals surface area (Å²) in [6, 6.07) is 19.4. The van der Waals surface area contributed by atoms with Gasteiger partial charge in [-0.1, -0.05) is 55.8 Å². The van der Waals surface area contributed by atoms with Gasteiger partial charge in [0.25, 0.3) is 5.91 Å². The molecule has 39 heavy (non-hydrogen) atoms. The van der Waals surface area contributed by atoms with E-state index in [9.17, 15) is 9.59 Å². The summed E-state index contributed by atoms with van der Waals surface area (Å²) < 4.78 is 7.63. The third-order valence-electron chi connectivity index (χ3n) is 7.31. The standard InChI is InChI=1S/C32H35ClN2O4/c1-18(2)24-8-7-9-25(15-24)20(4)34-31(36)26-11-12-29-27(16-26)19(3)21(5)35(29)17-23-10-13-30(28(33)14-23)39-22(6)32(37)38/h7-16,18,20,22H,17H2,1-6H3,(H,34,36)(H,37,38)/t20-,22+/m0/s1. The normalized spacial score (nSPS) is 12.9. The molecular formula is C32H35ClN2O4. The van der Waals surface area contributed by atoms with Gasteiger partial charge in [0, 0.05) is 28.7 Å². The Labute approximate surface area is 234 Å². The van der Waals surface area contributed by atoms with E-state index in [-0.39, 0.29) is 11.9 Å². The molecule has 6 nitrogen and oxygen atoms in total. The van der Waals surface area contributed by atoms with Crippen LogP contribution in [0.2, 0.25) is 5.02 Å². The number of nitrogens with zero attached hydrogens (tertiary/aromatic N) is 1. The second kappa shape index (κ2) is 11.5. The summed E-state index contributed by atoms with van der Waals surface area (Å²) >= 11 is 6.40. The molecular weight excluding hydrogens is 512 g/mol. The van der Waals surface area contributed by atoms with Gasteiger partial charge in [-0.25, -0.2) is 4.79 Å². The number of halogens is 1. The quantitative estimate of drug-likeness (QED) is 0.229. The van der Waals surface area contributed by atoms with Crippen LogP contribution in [0.4, 0.5) is 0 Å². The van der Waals surface area contributed by atoms with E-state index >= 15 is 0 Å². The molecule has 0 spiro atoms. The number of hydrogen-bond donors (Lipinski definition) is 2. The maximum Gasteiger partial charge on any atom is 0.344 e. The van der Waals surface area contributed by atoms with Gasteiger partial charge >= 0.3 is 5.97 Å². The molecule has 0 aliphatic heterocycles. The van der Waals surface area contributed by atoms with Crippen molar-refractivity contribution in [3.05, 3.63) is 99.2 Å². The van der Waals surface area contributed by atoms with Gasteiger partial charge < -0.3 is 19.7 Å². The van der Waals surface area contributed by atoms with Crippen molar-refractivity contribution >= 4 is 34.4 Å². The van der Waals surface area contributed by atoms with Gasteiger partial charge in [-0.2, -0.15) is 0 Å². The van der Waals surface area contributed by atoms with Crippen molar-refractivity contribution in [3.8, 4) is 5.75 Å². The molecule has 4 aromatic rings. The number of aromatic nitrogens is 1. The fourth-order valence-corrected chi connectivity index (χ4v) is 4.95. The Hall–Kier alpha value is -3.77. The highest BCUT2D eigenvalue weighted by Gasteiger charge is 2.18. The predicted octanol–water partition coefficient (Wildman–Crippen LogP) is 7.43. The largest absolute Gasteiger partial charge is 0.479 e. The third-order valence-corrected chi connectivity index (χ3v) is 7.61. The average molecular weight is 547 g/mol. The van der Waals surface area contributed by atoms with Crippen molar-refractivity contribution < 1.29 is 19.4 Å². The fraction of sp³-hybridized carbons (Fsp3) is 0.312. The molecule has 2 atom stereocenters. The molecule has 7 heteroatoms. The Morgan fingerprint density at radius 2 is 1.69 bits per heavy atom. The van der Waals surface area contributed by atoms with E-state index in [2.05, 4.69) is 49.7 Å². The highest BCUT2D eigenvalue weighted by Crippen LogP contribution is 2.30. The summed E-state index contributed by atoms with van der Waals surface area (Å²) in [5, 5.41) is 13.6. The Morgan fingerprint density at radius 1 is 0.974 bits per heavy atom. The Kier molecular flexibility index (Phi) is 8.36. The van der Waals surface area contributed by atoms with Crippen molar-refractivity contribution in [2.24, 2.45) is 0 Å². The van der Waals surface area contributed by atoms with E-state index in [0.29, 0.717) is 28.8 Å². The Morgan fingerprint density at radius 3 is 2.36 bits per heavy atom. The highest BCUT2D eigenvalue weighted by atomic mass is 35.5. The van der Waals surface area contributed by atoms with E-state index in [1.807, 2.05) is 43.3 Å². The number of fused-ring (bicyclic) bond motifs is 1. The van der Waals surface area contributed by atoms with E-state index in [1.54, 1.807) is 12.1 Å². The molecule has 0 aliphatic carbocycles. The van der Waals surface area contributed by atoms with E-state index < -0.39 is 12.1 Å². The molecule has 1 aromatic heterocycles. The topological polar surface area (TPSA) is 80.6 Å². The summed E-state index contributed by atoms with van der Waals surface area (Å²) in [5.74, 6) is -0.403. The lowest BCUT2D eigenvalue weighted by molar-refractivity contribution is -0.144. The van der Waals surface area contributed by atoms with Crippen molar-refractivity contribution in [1.82, 2.24) is 9.88 Å². The molecule has 0 radical (unpaired) electrons. The number of benzene rings is 3. The lowest BCUT2D eigenvalue weighted by Gasteiger charge is -2.17. The molecule has 0 fully saturated rings. The van der Waals surface area contributed by atoms with E-state index in [0.717, 1.165) is 33.3 Å². The molecule has 0 saturated carbocycles. The zero-order valence-corrected chi connectivity index (χ0v) is 24.0. The van der Waals surface area contributed by atoms with E-state index in [1.165, 1.54) is 12.5 Å². The number of nitrogens with one attached hydrogen (secondary N) is 1. The van der Waals surface area contributed by atoms with Gasteiger partial charge in [0.2, 0.25) is 0 Å². The summed E-state index contributed by atoms with van der Waals surface area (Å²) in [6.45, 7) is 12.5. The highest BCUT2D eigenvalue weighted by molar-refractivity contribution is 6.32. The molecule has 3 aromatic carbocycles. The first-order valence-corrected chi connectivity index (χ1v) is 13.5. The molecule has 4 rings (SSSR count). The van der Waals surface area contributed by atoms with Crippen LogP contribution >= 0.6 is 11.6 Å². The van der Waals surface area contributed by atoms with Gasteiger partial charge in [0.15, 0.2) is 6.10 Å². The molecule has 1 amide bonds. The molecule has 0 unspecified atom stereocenters. The molecule has 0 saturated heterocycles. The van der Waals surface area contributed by atoms with Crippen molar-refractivity contribution in [2.45, 2.75) is 66.2 Å². The Bertz CT molecular complexity index is 1540. The summed E-state index contributed by atoms with van der Waals surface area (Å²) in [7, 11) is 0. The number of carbonyl (C=O) groups excluding carboxylic acids is 1. The number of hydrogen-bond acceptors (Lipinski definition) is 3. The van der Waals surface area contributed by atoms with Gasteiger partial charge in [-0.05, 0) is 86.2 Å². The third kappa shape index (κ3) is 6.12. The number of aliphatic carboxylic acids is 1. The number of ether oxygens (including phenoxy) is 1. The average Bonchev–Trinajstić information content (AvgIpc) is 3.14. The minimum absolute atomic E-state index is 0.109. The number of rotatable bonds is 9. The zero-order chi connectivity index (χ0) is 28.4. The first-order chi connectivity index (χ1) is 18.5. The molecule has 0 aliphatic rings. The number of carboxylic acid groups (broad SMARTS) is 1. The fourth-order valence-electron chi connectivity index (χ4n) is 4.71. The van der Waals surface area contributed by atoms with Crippen LogP contribution in [0.25, 0.3) is 10.9 Å². The second-order valence-corrected chi connectivity index (χ2v) is 10.8. The van der Waals surface area contributed by atoms with Crippen LogP contribution in [-0.2, 0) is 11.3 Å². The van der Waals surface area contributed by atoms with Gasteiger partial charge in [0.1, 0.15) is 5.75 Å². The number of aryl methyl sites for hydroxylation is 1. The van der Waals surface area contributed by atoms with Crippen molar-refractivity contribution in [3.63, 3.8) is 0 Å². The van der Waals surface area contributed by atoms with E-state index in [4.69, 9.17) is 21.4 Å². The second-order valence-electron chi connectivity index (χ2n) is 10.4. The molecule has 0 bridgehead atoms. The van der Waals surface area contributed by atoms with Crippen LogP contribution in [0.1, 0.15) is 78.0 Å². The number of amides is 1. The summed E-state index contributed by atoms with van der Waals surface area (Å²) in [5.41, 5.74) is 7.13. The smallest absolute Gasteiger partial charge is 0.344 e. The first-order valence-electron chi connectivity index (χ1n) is 13.1.